The first-order valence-corrected chi connectivity index (χ1v) is 10.6. The van der Waals surface area contributed by atoms with Gasteiger partial charge in [-0.25, -0.2) is 15.0 Å². The van der Waals surface area contributed by atoms with Crippen molar-refractivity contribution in [2.75, 3.05) is 36.5 Å². The molecule has 4 rings (SSSR count). The molecule has 3 heterocycles. The summed E-state index contributed by atoms with van der Waals surface area (Å²) in [5.41, 5.74) is 3.17. The Labute approximate surface area is 179 Å². The molecule has 8 heteroatoms. The Hall–Kier alpha value is -2.97. The topological polar surface area (TPSA) is 80.2 Å². The van der Waals surface area contributed by atoms with Gasteiger partial charge in [-0.1, -0.05) is 0 Å². The van der Waals surface area contributed by atoms with Crippen LogP contribution in [-0.4, -0.2) is 47.2 Å². The van der Waals surface area contributed by atoms with Gasteiger partial charge < -0.3 is 15.0 Å². The van der Waals surface area contributed by atoms with Crippen LogP contribution in [0.5, 0.6) is 0 Å². The Morgan fingerprint density at radius 2 is 1.77 bits per heavy atom. The van der Waals surface area contributed by atoms with Gasteiger partial charge >= 0.3 is 0 Å². The van der Waals surface area contributed by atoms with Crippen LogP contribution in [0.1, 0.15) is 21.7 Å². The number of nitrogens with one attached hydrogen (secondary N) is 1. The molecule has 0 spiro atoms. The fourth-order valence-corrected chi connectivity index (χ4v) is 4.11. The number of rotatable bonds is 5. The minimum absolute atomic E-state index is 0.178. The molecule has 1 aromatic carbocycles. The highest BCUT2D eigenvalue weighted by Crippen LogP contribution is 2.27. The van der Waals surface area contributed by atoms with Crippen molar-refractivity contribution in [2.45, 2.75) is 23.9 Å². The average molecular weight is 422 g/mol. The number of hydrogen-bond acceptors (Lipinski definition) is 7. The lowest BCUT2D eigenvalue weighted by atomic mass is 10.2. The molecule has 1 aliphatic heterocycles. The number of aromatic nitrogens is 3. The Bertz CT molecular complexity index is 1020. The molecular formula is C22H23N5O2S. The molecule has 7 nitrogen and oxygen atoms in total. The largest absolute Gasteiger partial charge is 0.378 e. The summed E-state index contributed by atoms with van der Waals surface area (Å²) in [5.74, 6) is 0.514. The Morgan fingerprint density at radius 3 is 2.47 bits per heavy atom. The predicted octanol–water partition coefficient (Wildman–Crippen LogP) is 3.73. The van der Waals surface area contributed by atoms with Gasteiger partial charge in [-0.3, -0.25) is 4.79 Å². The van der Waals surface area contributed by atoms with Crippen LogP contribution in [0, 0.1) is 13.8 Å². The number of carbonyl (C=O) groups excluding carboxylic acids is 1. The van der Waals surface area contributed by atoms with Crippen molar-refractivity contribution in [3.05, 3.63) is 65.6 Å². The van der Waals surface area contributed by atoms with Gasteiger partial charge in [0, 0.05) is 41.3 Å². The molecule has 2 aromatic heterocycles. The first-order chi connectivity index (χ1) is 14.6. The van der Waals surface area contributed by atoms with Gasteiger partial charge in [0.15, 0.2) is 5.16 Å². The van der Waals surface area contributed by atoms with E-state index in [0.717, 1.165) is 40.2 Å². The summed E-state index contributed by atoms with van der Waals surface area (Å²) in [6.07, 6.45) is 1.71. The number of nitrogens with zero attached hydrogens (tertiary/aromatic N) is 4. The molecule has 0 aliphatic carbocycles. The molecule has 30 heavy (non-hydrogen) atoms. The molecule has 0 unspecified atom stereocenters. The standard InChI is InChI=1S/C22H23N5O2S/c1-15-14-16(2)25-22(24-15)30-18-7-5-17(6-8-18)26-21(28)19-4-3-9-23-20(19)27-10-12-29-13-11-27/h3-9,14H,10-13H2,1-2H3,(H,26,28). The number of morpholine rings is 1. The molecule has 0 radical (unpaired) electrons. The zero-order chi connectivity index (χ0) is 20.9. The number of anilines is 2. The average Bonchev–Trinajstić information content (AvgIpc) is 2.75. The number of pyridine rings is 1. The molecule has 0 bridgehead atoms. The van der Waals surface area contributed by atoms with E-state index in [2.05, 4.69) is 25.2 Å². The van der Waals surface area contributed by atoms with Crippen molar-refractivity contribution in [3.8, 4) is 0 Å². The van der Waals surface area contributed by atoms with E-state index < -0.39 is 0 Å². The van der Waals surface area contributed by atoms with Gasteiger partial charge in [-0.2, -0.15) is 0 Å². The number of ether oxygens (including phenoxy) is 1. The maximum atomic E-state index is 12.9. The Kier molecular flexibility index (Phi) is 6.25. The molecular weight excluding hydrogens is 398 g/mol. The van der Waals surface area contributed by atoms with Crippen molar-refractivity contribution in [1.82, 2.24) is 15.0 Å². The van der Waals surface area contributed by atoms with E-state index in [1.807, 2.05) is 44.2 Å². The lowest BCUT2D eigenvalue weighted by molar-refractivity contribution is 0.102. The van der Waals surface area contributed by atoms with Gasteiger partial charge in [0.2, 0.25) is 0 Å². The summed E-state index contributed by atoms with van der Waals surface area (Å²) in [4.78, 5) is 29.3. The zero-order valence-electron chi connectivity index (χ0n) is 17.0. The maximum absolute atomic E-state index is 12.9. The first kappa shape index (κ1) is 20.3. The minimum Gasteiger partial charge on any atom is -0.378 e. The molecule has 1 N–H and O–H groups in total. The lowest BCUT2D eigenvalue weighted by Crippen LogP contribution is -2.38. The number of amides is 1. The van der Waals surface area contributed by atoms with Gasteiger partial charge in [0.1, 0.15) is 5.82 Å². The number of aryl methyl sites for hydroxylation is 2. The summed E-state index contributed by atoms with van der Waals surface area (Å²) in [6, 6.07) is 13.2. The molecule has 3 aromatic rings. The Balaban J connectivity index is 1.45. The summed E-state index contributed by atoms with van der Waals surface area (Å²) in [7, 11) is 0. The van der Waals surface area contributed by atoms with Gasteiger partial charge in [0.05, 0.1) is 18.8 Å². The molecule has 1 aliphatic rings. The molecule has 1 fully saturated rings. The van der Waals surface area contributed by atoms with Crippen LogP contribution < -0.4 is 10.2 Å². The highest BCUT2D eigenvalue weighted by atomic mass is 32.2. The van der Waals surface area contributed by atoms with Crippen molar-refractivity contribution in [3.63, 3.8) is 0 Å². The van der Waals surface area contributed by atoms with Gasteiger partial charge in [-0.15, -0.1) is 0 Å². The second-order valence-corrected chi connectivity index (χ2v) is 8.03. The highest BCUT2D eigenvalue weighted by molar-refractivity contribution is 7.99. The lowest BCUT2D eigenvalue weighted by Gasteiger charge is -2.29. The number of hydrogen-bond donors (Lipinski definition) is 1. The smallest absolute Gasteiger partial charge is 0.259 e. The predicted molar refractivity (Wildman–Crippen MR) is 117 cm³/mol. The van der Waals surface area contributed by atoms with E-state index in [1.54, 1.807) is 18.3 Å². The fraction of sp³-hybridized carbons (Fsp3) is 0.273. The third-order valence-corrected chi connectivity index (χ3v) is 5.50. The van der Waals surface area contributed by atoms with Crippen LogP contribution in [0.25, 0.3) is 0 Å². The first-order valence-electron chi connectivity index (χ1n) is 9.78. The van der Waals surface area contributed by atoms with E-state index in [4.69, 9.17) is 4.74 Å². The molecule has 0 saturated carbocycles. The number of carbonyl (C=O) groups is 1. The molecule has 0 atom stereocenters. The number of benzene rings is 1. The van der Waals surface area contributed by atoms with Crippen LogP contribution in [0.4, 0.5) is 11.5 Å². The second kappa shape index (κ2) is 9.23. The zero-order valence-corrected chi connectivity index (χ0v) is 17.8. The third kappa shape index (κ3) is 4.95. The summed E-state index contributed by atoms with van der Waals surface area (Å²) < 4.78 is 5.40. The second-order valence-electron chi connectivity index (χ2n) is 6.99. The van der Waals surface area contributed by atoms with Crippen LogP contribution in [0.3, 0.4) is 0 Å². The summed E-state index contributed by atoms with van der Waals surface area (Å²) in [5, 5.41) is 3.69. The van der Waals surface area contributed by atoms with Crippen LogP contribution in [0.2, 0.25) is 0 Å². The van der Waals surface area contributed by atoms with E-state index >= 15 is 0 Å². The van der Waals surface area contributed by atoms with Gasteiger partial charge in [0.25, 0.3) is 5.91 Å². The molecule has 154 valence electrons. The molecule has 1 saturated heterocycles. The fourth-order valence-electron chi connectivity index (χ4n) is 3.25. The summed E-state index contributed by atoms with van der Waals surface area (Å²) >= 11 is 1.50. The van der Waals surface area contributed by atoms with Crippen molar-refractivity contribution < 1.29 is 9.53 Å². The van der Waals surface area contributed by atoms with E-state index in [1.165, 1.54) is 11.8 Å². The van der Waals surface area contributed by atoms with Crippen molar-refractivity contribution in [1.29, 1.82) is 0 Å². The minimum atomic E-state index is -0.178. The van der Waals surface area contributed by atoms with Gasteiger partial charge in [-0.05, 0) is 68.1 Å². The van der Waals surface area contributed by atoms with E-state index in [-0.39, 0.29) is 5.91 Å². The third-order valence-electron chi connectivity index (χ3n) is 4.63. The highest BCUT2D eigenvalue weighted by Gasteiger charge is 2.20. The van der Waals surface area contributed by atoms with E-state index in [0.29, 0.717) is 24.6 Å². The van der Waals surface area contributed by atoms with E-state index in [9.17, 15) is 4.79 Å². The monoisotopic (exact) mass is 421 g/mol. The SMILES string of the molecule is Cc1cc(C)nc(Sc2ccc(NC(=O)c3cccnc3N3CCOCC3)cc2)n1. The van der Waals surface area contributed by atoms with Crippen LogP contribution in [-0.2, 0) is 4.74 Å². The van der Waals surface area contributed by atoms with Crippen LogP contribution >= 0.6 is 11.8 Å². The molecule has 1 amide bonds. The van der Waals surface area contributed by atoms with Crippen molar-refractivity contribution in [2.24, 2.45) is 0 Å². The Morgan fingerprint density at radius 1 is 1.07 bits per heavy atom. The van der Waals surface area contributed by atoms with Crippen LogP contribution in [0.15, 0.2) is 58.7 Å². The van der Waals surface area contributed by atoms with Crippen molar-refractivity contribution >= 4 is 29.2 Å². The maximum Gasteiger partial charge on any atom is 0.259 e. The summed E-state index contributed by atoms with van der Waals surface area (Å²) in [6.45, 7) is 6.65. The normalized spacial score (nSPS) is 13.9. The quantitative estimate of drug-likeness (QED) is 0.629.